The van der Waals surface area contributed by atoms with E-state index in [4.69, 9.17) is 18.9 Å². The highest BCUT2D eigenvalue weighted by atomic mass is 16.7. The highest BCUT2D eigenvalue weighted by Crippen LogP contribution is 2.33. The zero-order valence-electron chi connectivity index (χ0n) is 16.2. The lowest BCUT2D eigenvalue weighted by molar-refractivity contribution is -0.159. The van der Waals surface area contributed by atoms with Crippen molar-refractivity contribution in [1.82, 2.24) is 4.90 Å². The van der Waals surface area contributed by atoms with Gasteiger partial charge in [0.2, 0.25) is 6.79 Å². The second-order valence-electron chi connectivity index (χ2n) is 6.86. The summed E-state index contributed by atoms with van der Waals surface area (Å²) in [7, 11) is 1.48. The molecule has 1 aromatic carbocycles. The number of likely N-dealkylation sites (N-methyl/N-ethyl adjacent to an activating group) is 1. The van der Waals surface area contributed by atoms with Crippen molar-refractivity contribution >= 4 is 17.8 Å². The van der Waals surface area contributed by atoms with E-state index in [-0.39, 0.29) is 31.6 Å². The van der Waals surface area contributed by atoms with Crippen LogP contribution in [0.3, 0.4) is 0 Å². The van der Waals surface area contributed by atoms with Gasteiger partial charge in [-0.05, 0) is 39.0 Å². The number of hydrogen-bond acceptors (Lipinski definition) is 7. The number of esters is 1. The molecule has 2 rings (SSSR count). The van der Waals surface area contributed by atoms with E-state index in [0.29, 0.717) is 17.1 Å². The number of Topliss-reactive ketones (excluding diaryl/α,β-unsaturated/α-hetero) is 1. The summed E-state index contributed by atoms with van der Waals surface area (Å²) in [4.78, 5) is 37.5. The standard InChI is InChI=1S/C19H25NO7/c1-6-16(21)27-19(3,4)10-24-18(23)20(5)12(2)17(22)13-7-8-14-15(9-13)26-11-25-14/h7-9,12H,6,10-11H2,1-5H3. The normalized spacial score (nSPS) is 13.7. The molecule has 0 radical (unpaired) electrons. The molecule has 1 unspecified atom stereocenters. The summed E-state index contributed by atoms with van der Waals surface area (Å²) < 4.78 is 20.9. The minimum atomic E-state index is -0.950. The number of ether oxygens (including phenoxy) is 4. The van der Waals surface area contributed by atoms with Crippen LogP contribution >= 0.6 is 0 Å². The monoisotopic (exact) mass is 379 g/mol. The third-order valence-electron chi connectivity index (χ3n) is 4.13. The molecule has 0 spiro atoms. The van der Waals surface area contributed by atoms with Crippen molar-refractivity contribution in [2.24, 2.45) is 0 Å². The number of carbonyl (C=O) groups excluding carboxylic acids is 3. The highest BCUT2D eigenvalue weighted by Gasteiger charge is 2.29. The fraction of sp³-hybridized carbons (Fsp3) is 0.526. The second kappa shape index (κ2) is 8.28. The minimum absolute atomic E-state index is 0.118. The molecule has 0 bridgehead atoms. The highest BCUT2D eigenvalue weighted by molar-refractivity contribution is 6.01. The topological polar surface area (TPSA) is 91.4 Å². The van der Waals surface area contributed by atoms with E-state index in [9.17, 15) is 14.4 Å². The van der Waals surface area contributed by atoms with Crippen LogP contribution in [0.5, 0.6) is 11.5 Å². The summed E-state index contributed by atoms with van der Waals surface area (Å²) in [5, 5.41) is 0. The smallest absolute Gasteiger partial charge is 0.410 e. The summed E-state index contributed by atoms with van der Waals surface area (Å²) in [6.45, 7) is 6.59. The van der Waals surface area contributed by atoms with Crippen LogP contribution in [0, 0.1) is 0 Å². The fourth-order valence-corrected chi connectivity index (χ4v) is 2.37. The van der Waals surface area contributed by atoms with E-state index in [2.05, 4.69) is 0 Å². The van der Waals surface area contributed by atoms with Crippen LogP contribution in [0.1, 0.15) is 44.5 Å². The second-order valence-corrected chi connectivity index (χ2v) is 6.86. The van der Waals surface area contributed by atoms with Crippen LogP contribution in [0.2, 0.25) is 0 Å². The first kappa shape index (κ1) is 20.5. The average Bonchev–Trinajstić information content (AvgIpc) is 3.11. The number of carbonyl (C=O) groups is 3. The lowest BCUT2D eigenvalue weighted by Crippen LogP contribution is -2.43. The molecule has 8 nitrogen and oxygen atoms in total. The quantitative estimate of drug-likeness (QED) is 0.531. The van der Waals surface area contributed by atoms with Crippen molar-refractivity contribution in [1.29, 1.82) is 0 Å². The third kappa shape index (κ3) is 5.12. The Labute approximate surface area is 158 Å². The van der Waals surface area contributed by atoms with Crippen LogP contribution in [0.15, 0.2) is 18.2 Å². The van der Waals surface area contributed by atoms with Gasteiger partial charge >= 0.3 is 12.1 Å². The Morgan fingerprint density at radius 3 is 2.56 bits per heavy atom. The van der Waals surface area contributed by atoms with Crippen LogP contribution in [-0.4, -0.2) is 54.8 Å². The van der Waals surface area contributed by atoms with Gasteiger partial charge < -0.3 is 23.8 Å². The Hall–Kier alpha value is -2.77. The van der Waals surface area contributed by atoms with Crippen LogP contribution in [0.25, 0.3) is 0 Å². The van der Waals surface area contributed by atoms with Gasteiger partial charge in [-0.2, -0.15) is 0 Å². The molecule has 148 valence electrons. The maximum atomic E-state index is 12.7. The molecule has 1 atom stereocenters. The van der Waals surface area contributed by atoms with Gasteiger partial charge in [-0.1, -0.05) is 6.92 Å². The Bertz CT molecular complexity index is 729. The molecule has 1 amide bonds. The van der Waals surface area contributed by atoms with Gasteiger partial charge in [-0.3, -0.25) is 9.59 Å². The van der Waals surface area contributed by atoms with Crippen molar-refractivity contribution < 1.29 is 33.3 Å². The molecule has 1 heterocycles. The number of amides is 1. The summed E-state index contributed by atoms with van der Waals surface area (Å²) in [6.07, 6.45) is -0.449. The van der Waals surface area contributed by atoms with Gasteiger partial charge in [-0.25, -0.2) is 4.79 Å². The van der Waals surface area contributed by atoms with Crippen molar-refractivity contribution in [3.63, 3.8) is 0 Å². The third-order valence-corrected chi connectivity index (χ3v) is 4.13. The van der Waals surface area contributed by atoms with Crippen LogP contribution in [-0.2, 0) is 14.3 Å². The maximum Gasteiger partial charge on any atom is 0.410 e. The summed E-state index contributed by atoms with van der Waals surface area (Å²) in [6, 6.07) is 4.12. The van der Waals surface area contributed by atoms with E-state index in [1.165, 1.54) is 11.9 Å². The lowest BCUT2D eigenvalue weighted by atomic mass is 10.0. The van der Waals surface area contributed by atoms with Crippen molar-refractivity contribution in [2.75, 3.05) is 20.4 Å². The predicted octanol–water partition coefficient (Wildman–Crippen LogP) is 2.79. The first-order valence-corrected chi connectivity index (χ1v) is 8.70. The Morgan fingerprint density at radius 2 is 1.89 bits per heavy atom. The molecule has 0 saturated heterocycles. The Balaban J connectivity index is 1.95. The number of rotatable bonds is 7. The first-order valence-electron chi connectivity index (χ1n) is 8.70. The molecule has 0 aromatic heterocycles. The fourth-order valence-electron chi connectivity index (χ4n) is 2.37. The summed E-state index contributed by atoms with van der Waals surface area (Å²) in [5.41, 5.74) is -0.544. The molecule has 8 heteroatoms. The first-order chi connectivity index (χ1) is 12.6. The summed E-state index contributed by atoms with van der Waals surface area (Å²) in [5.74, 6) is 0.439. The molecular weight excluding hydrogens is 354 g/mol. The van der Waals surface area contributed by atoms with E-state index in [1.807, 2.05) is 0 Å². The van der Waals surface area contributed by atoms with Gasteiger partial charge in [0.1, 0.15) is 12.2 Å². The molecular formula is C19H25NO7. The molecule has 0 saturated carbocycles. The molecule has 0 aliphatic carbocycles. The van der Waals surface area contributed by atoms with Crippen molar-refractivity contribution in [3.8, 4) is 11.5 Å². The zero-order chi connectivity index (χ0) is 20.2. The number of fused-ring (bicyclic) bond motifs is 1. The van der Waals surface area contributed by atoms with Gasteiger partial charge in [0.05, 0.1) is 6.04 Å². The number of ketones is 1. The molecule has 0 N–H and O–H groups in total. The molecule has 27 heavy (non-hydrogen) atoms. The largest absolute Gasteiger partial charge is 0.456 e. The molecule has 1 aliphatic heterocycles. The van der Waals surface area contributed by atoms with E-state index >= 15 is 0 Å². The van der Waals surface area contributed by atoms with E-state index in [0.717, 1.165) is 0 Å². The van der Waals surface area contributed by atoms with Crippen LogP contribution < -0.4 is 9.47 Å². The Morgan fingerprint density at radius 1 is 1.22 bits per heavy atom. The SMILES string of the molecule is CCC(=O)OC(C)(C)COC(=O)N(C)C(C)C(=O)c1ccc2c(c1)OCO2. The summed E-state index contributed by atoms with van der Waals surface area (Å²) >= 11 is 0. The predicted molar refractivity (Wildman–Crippen MR) is 95.9 cm³/mol. The zero-order valence-corrected chi connectivity index (χ0v) is 16.2. The minimum Gasteiger partial charge on any atom is -0.456 e. The molecule has 1 aliphatic rings. The van der Waals surface area contributed by atoms with Crippen molar-refractivity contribution in [2.45, 2.75) is 45.8 Å². The van der Waals surface area contributed by atoms with Gasteiger partial charge in [0.15, 0.2) is 17.3 Å². The molecule has 1 aromatic rings. The van der Waals surface area contributed by atoms with Crippen LogP contribution in [0.4, 0.5) is 4.79 Å². The van der Waals surface area contributed by atoms with E-state index in [1.54, 1.807) is 45.9 Å². The molecule has 0 fully saturated rings. The number of hydrogen-bond donors (Lipinski definition) is 0. The maximum absolute atomic E-state index is 12.7. The number of nitrogens with zero attached hydrogens (tertiary/aromatic N) is 1. The van der Waals surface area contributed by atoms with Crippen molar-refractivity contribution in [3.05, 3.63) is 23.8 Å². The van der Waals surface area contributed by atoms with Gasteiger partial charge in [-0.15, -0.1) is 0 Å². The van der Waals surface area contributed by atoms with Gasteiger partial charge in [0, 0.05) is 19.0 Å². The number of benzene rings is 1. The Kier molecular flexibility index (Phi) is 6.30. The lowest BCUT2D eigenvalue weighted by Gasteiger charge is -2.28. The van der Waals surface area contributed by atoms with E-state index < -0.39 is 17.7 Å². The van der Waals surface area contributed by atoms with Gasteiger partial charge in [0.25, 0.3) is 0 Å². The average molecular weight is 379 g/mol.